The van der Waals surface area contributed by atoms with Crippen molar-refractivity contribution in [2.75, 3.05) is 59.5 Å². The minimum Gasteiger partial charge on any atom is -0.492 e. The largest absolute Gasteiger partial charge is 0.492 e. The van der Waals surface area contributed by atoms with Gasteiger partial charge in [0.25, 0.3) is 5.56 Å². The van der Waals surface area contributed by atoms with Crippen molar-refractivity contribution < 1.29 is 14.3 Å². The Labute approximate surface area is 299 Å². The Morgan fingerprint density at radius 2 is 1.69 bits per heavy atom. The Kier molecular flexibility index (Phi) is 10.1. The molecule has 2 aromatic carbocycles. The van der Waals surface area contributed by atoms with Gasteiger partial charge in [-0.1, -0.05) is 31.7 Å². The predicted molar refractivity (Wildman–Crippen MR) is 197 cm³/mol. The molecule has 49 heavy (non-hydrogen) atoms. The van der Waals surface area contributed by atoms with Crippen LogP contribution in [0.15, 0.2) is 39.6 Å². The van der Waals surface area contributed by atoms with Gasteiger partial charge in [-0.25, -0.2) is 4.79 Å². The van der Waals surface area contributed by atoms with Gasteiger partial charge in [-0.05, 0) is 111 Å². The van der Waals surface area contributed by atoms with Gasteiger partial charge in [-0.3, -0.25) is 14.3 Å². The van der Waals surface area contributed by atoms with Crippen LogP contribution in [-0.4, -0.2) is 95.4 Å². The molecule has 0 spiro atoms. The van der Waals surface area contributed by atoms with Crippen molar-refractivity contribution in [3.8, 4) is 11.4 Å². The standard InChI is InChI=1S/C39H52BrN5O4/c1-39(2,3)49-38(47)44-16-14-27(15-17-44)29-24-30-28(13-12-26-8-5-6-9-26)36-41-37(46)35-31(40)10-7-11-32(35)45(36)33(30)25-34(29)48-23-22-43-20-18-42(4)19-21-43/h7,10-11,24-28H,5-6,8-9,12-23H2,1-4H3. The summed E-state index contributed by atoms with van der Waals surface area (Å²) in [6.07, 6.45) is 8.81. The first-order valence-corrected chi connectivity index (χ1v) is 19.3. The van der Waals surface area contributed by atoms with Crippen molar-refractivity contribution in [1.82, 2.24) is 24.3 Å². The number of likely N-dealkylation sites (N-methyl/N-ethyl adjacent to an activating group) is 1. The Bertz CT molecular complexity index is 1730. The number of fused-ring (bicyclic) bond motifs is 5. The molecule has 4 heterocycles. The summed E-state index contributed by atoms with van der Waals surface area (Å²) in [6, 6.07) is 10.6. The van der Waals surface area contributed by atoms with Crippen molar-refractivity contribution in [2.24, 2.45) is 5.92 Å². The van der Waals surface area contributed by atoms with Crippen LogP contribution in [0.5, 0.6) is 5.75 Å². The summed E-state index contributed by atoms with van der Waals surface area (Å²) in [5.74, 6) is 2.80. The van der Waals surface area contributed by atoms with E-state index in [-0.39, 0.29) is 23.5 Å². The molecule has 3 aliphatic heterocycles. The number of amides is 1. The Morgan fingerprint density at radius 3 is 2.41 bits per heavy atom. The zero-order valence-corrected chi connectivity index (χ0v) is 31.3. The average Bonchev–Trinajstić information content (AvgIpc) is 3.69. The molecule has 0 N–H and O–H groups in total. The number of rotatable bonds is 8. The number of hydrogen-bond acceptors (Lipinski definition) is 7. The Morgan fingerprint density at radius 1 is 0.959 bits per heavy atom. The van der Waals surface area contributed by atoms with E-state index in [4.69, 9.17) is 14.5 Å². The molecular weight excluding hydrogens is 682 g/mol. The number of nitrogens with zero attached hydrogens (tertiary/aromatic N) is 5. The quantitative estimate of drug-likeness (QED) is 0.240. The van der Waals surface area contributed by atoms with Gasteiger partial charge in [0.05, 0.1) is 16.6 Å². The van der Waals surface area contributed by atoms with Gasteiger partial charge in [0.1, 0.15) is 23.8 Å². The molecule has 3 fully saturated rings. The third kappa shape index (κ3) is 7.42. The minimum absolute atomic E-state index is 0.0478. The molecule has 9 nitrogen and oxygen atoms in total. The van der Waals surface area contributed by atoms with Crippen molar-refractivity contribution in [3.05, 3.63) is 62.1 Å². The van der Waals surface area contributed by atoms with Crippen LogP contribution in [-0.2, 0) is 4.74 Å². The number of benzene rings is 2. The number of hydrogen-bond donors (Lipinski definition) is 0. The zero-order valence-electron chi connectivity index (χ0n) is 29.7. The molecule has 0 bridgehead atoms. The normalized spacial score (nSPS) is 20.9. The first kappa shape index (κ1) is 34.5. The van der Waals surface area contributed by atoms with Gasteiger partial charge < -0.3 is 19.3 Å². The maximum Gasteiger partial charge on any atom is 0.410 e. The van der Waals surface area contributed by atoms with E-state index in [9.17, 15) is 9.59 Å². The van der Waals surface area contributed by atoms with Crippen LogP contribution in [0.4, 0.5) is 4.79 Å². The minimum atomic E-state index is -0.517. The predicted octanol–water partition coefficient (Wildman–Crippen LogP) is 7.30. The van der Waals surface area contributed by atoms with E-state index in [1.165, 1.54) is 36.8 Å². The number of piperidine rings is 1. The molecule has 10 heteroatoms. The second-order valence-corrected chi connectivity index (χ2v) is 16.6. The molecule has 1 atom stereocenters. The number of aromatic nitrogens is 2. The summed E-state index contributed by atoms with van der Waals surface area (Å²) in [7, 11) is 2.18. The summed E-state index contributed by atoms with van der Waals surface area (Å²) in [5.41, 5.74) is 3.73. The molecule has 2 saturated heterocycles. The van der Waals surface area contributed by atoms with E-state index in [2.05, 4.69) is 49.5 Å². The lowest BCUT2D eigenvalue weighted by Crippen LogP contribution is -2.45. The van der Waals surface area contributed by atoms with Gasteiger partial charge in [-0.15, -0.1) is 0 Å². The highest BCUT2D eigenvalue weighted by molar-refractivity contribution is 9.10. The molecule has 3 aromatic rings. The highest BCUT2D eigenvalue weighted by Crippen LogP contribution is 2.47. The van der Waals surface area contributed by atoms with E-state index in [1.54, 1.807) is 0 Å². The second kappa shape index (κ2) is 14.3. The van der Waals surface area contributed by atoms with Gasteiger partial charge in [-0.2, -0.15) is 4.98 Å². The molecule has 1 unspecified atom stereocenters. The molecule has 0 radical (unpaired) electrons. The van der Waals surface area contributed by atoms with Gasteiger partial charge in [0, 0.05) is 62.3 Å². The number of likely N-dealkylation sites (tertiary alicyclic amines) is 1. The van der Waals surface area contributed by atoms with Gasteiger partial charge in [0.2, 0.25) is 0 Å². The summed E-state index contributed by atoms with van der Waals surface area (Å²) in [4.78, 5) is 38.0. The van der Waals surface area contributed by atoms with Crippen LogP contribution in [0, 0.1) is 5.92 Å². The van der Waals surface area contributed by atoms with E-state index in [1.807, 2.05) is 43.9 Å². The van der Waals surface area contributed by atoms with Crippen LogP contribution in [0.2, 0.25) is 0 Å². The third-order valence-corrected chi connectivity index (χ3v) is 11.8. The number of piperazine rings is 1. The highest BCUT2D eigenvalue weighted by Gasteiger charge is 2.36. The zero-order chi connectivity index (χ0) is 34.3. The first-order valence-electron chi connectivity index (χ1n) is 18.5. The maximum atomic E-state index is 13.6. The Balaban J connectivity index is 1.25. The summed E-state index contributed by atoms with van der Waals surface area (Å²) >= 11 is 3.65. The van der Waals surface area contributed by atoms with Crippen LogP contribution < -0.4 is 10.3 Å². The second-order valence-electron chi connectivity index (χ2n) is 15.7. The molecular formula is C39H52BrN5O4. The molecule has 1 aliphatic carbocycles. The third-order valence-electron chi connectivity index (χ3n) is 11.2. The van der Waals surface area contributed by atoms with E-state index >= 15 is 0 Å². The fraction of sp³-hybridized carbons (Fsp3) is 0.615. The van der Waals surface area contributed by atoms with Crippen molar-refractivity contribution in [3.63, 3.8) is 0 Å². The van der Waals surface area contributed by atoms with Crippen LogP contribution >= 0.6 is 15.9 Å². The van der Waals surface area contributed by atoms with Crippen molar-refractivity contribution in [1.29, 1.82) is 0 Å². The molecule has 4 aliphatic rings. The average molecular weight is 735 g/mol. The lowest BCUT2D eigenvalue weighted by molar-refractivity contribution is 0.0204. The molecule has 1 aromatic heterocycles. The summed E-state index contributed by atoms with van der Waals surface area (Å²) < 4.78 is 15.5. The summed E-state index contributed by atoms with van der Waals surface area (Å²) in [6.45, 7) is 12.8. The van der Waals surface area contributed by atoms with Crippen LogP contribution in [0.3, 0.4) is 0 Å². The molecule has 1 saturated carbocycles. The van der Waals surface area contributed by atoms with Crippen LogP contribution in [0.25, 0.3) is 16.6 Å². The number of carbonyl (C=O) groups is 1. The molecule has 264 valence electrons. The number of carbonyl (C=O) groups excluding carboxylic acids is 1. The van der Waals surface area contributed by atoms with Crippen molar-refractivity contribution in [2.45, 2.75) is 89.6 Å². The lowest BCUT2D eigenvalue weighted by atomic mass is 9.84. The maximum absolute atomic E-state index is 13.6. The lowest BCUT2D eigenvalue weighted by Gasteiger charge is -2.34. The van der Waals surface area contributed by atoms with Crippen LogP contribution in [0.1, 0.15) is 101 Å². The van der Waals surface area contributed by atoms with E-state index < -0.39 is 5.60 Å². The number of halogens is 1. The Hall–Kier alpha value is -2.95. The van der Waals surface area contributed by atoms with Gasteiger partial charge in [0.15, 0.2) is 0 Å². The highest BCUT2D eigenvalue weighted by atomic mass is 79.9. The fourth-order valence-corrected chi connectivity index (χ4v) is 8.96. The number of ether oxygens (including phenoxy) is 2. The first-order chi connectivity index (χ1) is 23.6. The fourth-order valence-electron chi connectivity index (χ4n) is 8.43. The van der Waals surface area contributed by atoms with Crippen molar-refractivity contribution >= 4 is 32.9 Å². The summed E-state index contributed by atoms with van der Waals surface area (Å²) in [5, 5.41) is 0.616. The molecule has 1 amide bonds. The van der Waals surface area contributed by atoms with Gasteiger partial charge >= 0.3 is 6.09 Å². The van der Waals surface area contributed by atoms with E-state index in [0.29, 0.717) is 25.1 Å². The monoisotopic (exact) mass is 733 g/mol. The molecule has 7 rings (SSSR count). The topological polar surface area (TPSA) is 80.1 Å². The van der Waals surface area contributed by atoms with E-state index in [0.717, 1.165) is 91.6 Å². The smallest absolute Gasteiger partial charge is 0.410 e. The SMILES string of the molecule is CN1CCN(CCOc2cc3c(cc2C2CCN(C(=O)OC(C)(C)C)CC2)C(CCC2CCCC2)c2nc(=O)c4c(Br)cccc4n2-3)CC1.